The fourth-order valence-electron chi connectivity index (χ4n) is 4.12. The summed E-state index contributed by atoms with van der Waals surface area (Å²) in [7, 11) is 0. The Morgan fingerprint density at radius 3 is 2.81 bits per heavy atom. The molecule has 0 radical (unpaired) electrons. The molecule has 6 heteroatoms. The molecule has 2 aliphatic carbocycles. The molecule has 26 heavy (non-hydrogen) atoms. The van der Waals surface area contributed by atoms with Crippen molar-refractivity contribution < 1.29 is 9.53 Å². The van der Waals surface area contributed by atoms with Crippen LogP contribution in [0.3, 0.4) is 0 Å². The Bertz CT molecular complexity index is 974. The van der Waals surface area contributed by atoms with E-state index in [4.69, 9.17) is 16.3 Å². The molecule has 3 aliphatic rings. The molecular weight excluding hydrogens is 352 g/mol. The number of carbonyl (C=O) groups is 1. The van der Waals surface area contributed by atoms with Crippen LogP contribution in [0.1, 0.15) is 48.0 Å². The Morgan fingerprint density at radius 1 is 1.35 bits per heavy atom. The number of carbonyl (C=O) groups excluding carboxylic acids is 1. The highest BCUT2D eigenvalue weighted by Gasteiger charge is 2.44. The number of aromatic nitrogens is 2. The topological polar surface area (TPSA) is 61.2 Å². The van der Waals surface area contributed by atoms with Gasteiger partial charge in [0.05, 0.1) is 23.6 Å². The van der Waals surface area contributed by atoms with Crippen LogP contribution in [0.15, 0.2) is 23.1 Å². The van der Waals surface area contributed by atoms with Gasteiger partial charge in [0, 0.05) is 17.8 Å². The summed E-state index contributed by atoms with van der Waals surface area (Å²) in [5.74, 6) is 1.27. The Morgan fingerprint density at radius 2 is 2.15 bits per heavy atom. The highest BCUT2D eigenvalue weighted by molar-refractivity contribution is 6.31. The lowest BCUT2D eigenvalue weighted by molar-refractivity contribution is 0.111. The van der Waals surface area contributed by atoms with Crippen molar-refractivity contribution in [2.75, 3.05) is 6.61 Å². The minimum absolute atomic E-state index is 0.0724. The number of fused-ring (bicyclic) bond motifs is 4. The molecule has 5 nitrogen and oxygen atoms in total. The van der Waals surface area contributed by atoms with E-state index in [0.717, 1.165) is 42.6 Å². The smallest absolute Gasteiger partial charge is 0.192 e. The molecule has 0 amide bonds. The van der Waals surface area contributed by atoms with Gasteiger partial charge >= 0.3 is 0 Å². The minimum atomic E-state index is -0.277. The van der Waals surface area contributed by atoms with E-state index in [1.54, 1.807) is 6.20 Å². The Labute approximate surface area is 156 Å². The molecule has 0 saturated heterocycles. The molecule has 2 aromatic heterocycles. The maximum absolute atomic E-state index is 12.3. The zero-order valence-corrected chi connectivity index (χ0v) is 15.1. The largest absolute Gasteiger partial charge is 0.490 e. The predicted octanol–water partition coefficient (Wildman–Crippen LogP) is 3.60. The van der Waals surface area contributed by atoms with Crippen LogP contribution in [0.4, 0.5) is 0 Å². The number of pyridine rings is 2. The second kappa shape index (κ2) is 5.68. The van der Waals surface area contributed by atoms with Crippen molar-refractivity contribution in [1.29, 1.82) is 0 Å². The van der Waals surface area contributed by atoms with Gasteiger partial charge in [-0.2, -0.15) is 0 Å². The van der Waals surface area contributed by atoms with Crippen LogP contribution in [0, 0.1) is 5.92 Å². The monoisotopic (exact) mass is 370 g/mol. The van der Waals surface area contributed by atoms with Gasteiger partial charge in [0.1, 0.15) is 0 Å². The lowest BCUT2D eigenvalue weighted by Gasteiger charge is -2.48. The number of nitrogens with zero attached hydrogens (tertiary/aromatic N) is 2. The fourth-order valence-corrected chi connectivity index (χ4v) is 4.31. The maximum Gasteiger partial charge on any atom is 0.192 e. The van der Waals surface area contributed by atoms with Crippen LogP contribution in [0.5, 0.6) is 5.75 Å². The average molecular weight is 371 g/mol. The van der Waals surface area contributed by atoms with Crippen molar-refractivity contribution in [1.82, 2.24) is 9.55 Å². The van der Waals surface area contributed by atoms with Crippen molar-refractivity contribution in [3.05, 3.63) is 44.8 Å². The normalized spacial score (nSPS) is 19.4. The molecule has 1 spiro atoms. The lowest BCUT2D eigenvalue weighted by Crippen LogP contribution is -2.46. The zero-order valence-electron chi connectivity index (χ0n) is 14.3. The van der Waals surface area contributed by atoms with Crippen LogP contribution >= 0.6 is 11.6 Å². The van der Waals surface area contributed by atoms with E-state index in [9.17, 15) is 9.59 Å². The van der Waals surface area contributed by atoms with Crippen LogP contribution in [-0.2, 0) is 12.0 Å². The Hall–Kier alpha value is -2.14. The molecule has 0 atom stereocenters. The summed E-state index contributed by atoms with van der Waals surface area (Å²) in [6.07, 6.45) is 8.78. The SMILES string of the molecule is O=Cc1cn2c(cc1=O)-c1nc(Cl)c(OCC3CC3)cc1CC21CCC1. The highest BCUT2D eigenvalue weighted by atomic mass is 35.5. The molecule has 2 saturated carbocycles. The van der Waals surface area contributed by atoms with Gasteiger partial charge in [-0.1, -0.05) is 11.6 Å². The van der Waals surface area contributed by atoms with Crippen molar-refractivity contribution in [2.45, 2.75) is 44.1 Å². The first-order valence-corrected chi connectivity index (χ1v) is 9.52. The molecule has 5 rings (SSSR count). The third-order valence-corrected chi connectivity index (χ3v) is 6.23. The van der Waals surface area contributed by atoms with Crippen LogP contribution < -0.4 is 10.2 Å². The summed E-state index contributed by atoms with van der Waals surface area (Å²) in [4.78, 5) is 28.1. The second-order valence-corrected chi connectivity index (χ2v) is 8.12. The van der Waals surface area contributed by atoms with Crippen molar-refractivity contribution >= 4 is 17.9 Å². The molecule has 3 heterocycles. The second-order valence-electron chi connectivity index (χ2n) is 7.76. The molecule has 0 aromatic carbocycles. The number of halogens is 1. The summed E-state index contributed by atoms with van der Waals surface area (Å²) in [6, 6.07) is 3.52. The van der Waals surface area contributed by atoms with Gasteiger partial charge < -0.3 is 9.30 Å². The highest BCUT2D eigenvalue weighted by Crippen LogP contribution is 2.49. The fraction of sp³-hybridized carbons (Fsp3) is 0.450. The van der Waals surface area contributed by atoms with E-state index in [-0.39, 0.29) is 16.5 Å². The number of hydrogen-bond donors (Lipinski definition) is 0. The van der Waals surface area contributed by atoms with E-state index in [1.807, 2.05) is 6.07 Å². The summed E-state index contributed by atoms with van der Waals surface area (Å²) in [5.41, 5.74) is 2.38. The molecule has 2 aromatic rings. The van der Waals surface area contributed by atoms with Gasteiger partial charge in [-0.15, -0.1) is 0 Å². The van der Waals surface area contributed by atoms with Crippen LogP contribution in [0.25, 0.3) is 11.4 Å². The third-order valence-electron chi connectivity index (χ3n) is 5.96. The Kier molecular flexibility index (Phi) is 3.51. The van der Waals surface area contributed by atoms with Gasteiger partial charge in [-0.3, -0.25) is 9.59 Å². The van der Waals surface area contributed by atoms with Crippen molar-refractivity contribution in [2.24, 2.45) is 5.92 Å². The molecular formula is C20H19ClN2O3. The summed E-state index contributed by atoms with van der Waals surface area (Å²) >= 11 is 6.37. The first-order chi connectivity index (χ1) is 12.6. The van der Waals surface area contributed by atoms with Gasteiger partial charge in [-0.05, 0) is 56.1 Å². The summed E-state index contributed by atoms with van der Waals surface area (Å²) in [6.45, 7) is 0.685. The molecule has 2 fully saturated rings. The van der Waals surface area contributed by atoms with E-state index in [1.165, 1.54) is 18.9 Å². The lowest BCUT2D eigenvalue weighted by atomic mass is 9.70. The molecule has 0 unspecified atom stereocenters. The van der Waals surface area contributed by atoms with Crippen molar-refractivity contribution in [3.63, 3.8) is 0 Å². The summed E-state index contributed by atoms with van der Waals surface area (Å²) < 4.78 is 7.97. The Balaban J connectivity index is 1.64. The molecule has 134 valence electrons. The van der Waals surface area contributed by atoms with Gasteiger partial charge in [0.15, 0.2) is 22.6 Å². The predicted molar refractivity (Wildman–Crippen MR) is 98.1 cm³/mol. The number of ether oxygens (including phenoxy) is 1. The summed E-state index contributed by atoms with van der Waals surface area (Å²) in [5, 5.41) is 0.326. The van der Waals surface area contributed by atoms with E-state index < -0.39 is 0 Å². The quantitative estimate of drug-likeness (QED) is 0.609. The standard InChI is InChI=1S/C20H19ClN2O3/c21-19-17(26-11-12-2-3-12)6-13-8-20(4-1-5-20)23-9-14(10-24)16(25)7-15(23)18(13)22-19/h6-7,9-10,12H,1-5,8,11H2. The van der Waals surface area contributed by atoms with Gasteiger partial charge in [0.2, 0.25) is 0 Å². The minimum Gasteiger partial charge on any atom is -0.490 e. The van der Waals surface area contributed by atoms with E-state index in [0.29, 0.717) is 29.7 Å². The average Bonchev–Trinajstić information content (AvgIpc) is 3.42. The number of rotatable bonds is 4. The molecule has 0 bridgehead atoms. The third kappa shape index (κ3) is 2.41. The van der Waals surface area contributed by atoms with Gasteiger partial charge in [0.25, 0.3) is 0 Å². The first kappa shape index (κ1) is 16.1. The maximum atomic E-state index is 12.3. The number of hydrogen-bond acceptors (Lipinski definition) is 4. The molecule has 1 aliphatic heterocycles. The van der Waals surface area contributed by atoms with Crippen LogP contribution in [-0.4, -0.2) is 22.4 Å². The van der Waals surface area contributed by atoms with Crippen molar-refractivity contribution in [3.8, 4) is 17.1 Å². The first-order valence-electron chi connectivity index (χ1n) is 9.15. The van der Waals surface area contributed by atoms with E-state index >= 15 is 0 Å². The zero-order chi connectivity index (χ0) is 17.9. The molecule has 0 N–H and O–H groups in total. The van der Waals surface area contributed by atoms with Crippen LogP contribution in [0.2, 0.25) is 5.15 Å². The van der Waals surface area contributed by atoms with Gasteiger partial charge in [-0.25, -0.2) is 4.98 Å². The van der Waals surface area contributed by atoms with E-state index in [2.05, 4.69) is 9.55 Å². The number of aldehydes is 1.